The van der Waals surface area contributed by atoms with Gasteiger partial charge in [-0.1, -0.05) is 37.3 Å². The molecular weight excluding hydrogens is 690 g/mol. The Balaban J connectivity index is 1.44. The first-order chi connectivity index (χ1) is 26.1. The number of nitrogens with zero attached hydrogens (tertiary/aromatic N) is 3. The molecule has 1 unspecified atom stereocenters. The lowest BCUT2D eigenvalue weighted by atomic mass is 9.58. The van der Waals surface area contributed by atoms with Crippen molar-refractivity contribution in [1.29, 1.82) is 0 Å². The summed E-state index contributed by atoms with van der Waals surface area (Å²) in [6, 6.07) is 17.3. The summed E-state index contributed by atoms with van der Waals surface area (Å²) in [5, 5.41) is 10.5. The van der Waals surface area contributed by atoms with Crippen LogP contribution in [0.4, 0.5) is 4.79 Å². The van der Waals surface area contributed by atoms with Gasteiger partial charge in [-0.25, -0.2) is 4.79 Å². The van der Waals surface area contributed by atoms with Gasteiger partial charge in [-0.15, -0.1) is 0 Å². The smallest absolute Gasteiger partial charge is 0.409 e. The number of carboxylic acids is 1. The zero-order valence-corrected chi connectivity index (χ0v) is 32.3. The zero-order chi connectivity index (χ0) is 38.6. The van der Waals surface area contributed by atoms with Crippen LogP contribution in [0.15, 0.2) is 54.6 Å². The number of methoxy groups -OCH3 is 4. The van der Waals surface area contributed by atoms with Gasteiger partial charge in [0.1, 0.15) is 6.61 Å². The van der Waals surface area contributed by atoms with Crippen molar-refractivity contribution >= 4 is 18.0 Å². The summed E-state index contributed by atoms with van der Waals surface area (Å²) in [5.41, 5.74) is 4.14. The molecule has 12 nitrogen and oxygen atoms in total. The van der Waals surface area contributed by atoms with Crippen LogP contribution in [-0.2, 0) is 39.3 Å². The summed E-state index contributed by atoms with van der Waals surface area (Å²) >= 11 is 0. The fraction of sp³-hybridized carbons (Fsp3) is 0.500. The van der Waals surface area contributed by atoms with Crippen molar-refractivity contribution in [2.24, 2.45) is 11.8 Å². The van der Waals surface area contributed by atoms with Crippen LogP contribution in [0.25, 0.3) is 0 Å². The number of carboxylic acid groups (broad SMARTS) is 1. The van der Waals surface area contributed by atoms with Crippen molar-refractivity contribution in [2.75, 3.05) is 61.7 Å². The minimum atomic E-state index is -0.900. The third kappa shape index (κ3) is 7.28. The Morgan fingerprint density at radius 2 is 1.50 bits per heavy atom. The number of benzene rings is 3. The second-order valence-electron chi connectivity index (χ2n) is 14.4. The number of aliphatic carboxylic acids is 1. The number of fused-ring (bicyclic) bond motifs is 3. The minimum absolute atomic E-state index is 0.0696. The van der Waals surface area contributed by atoms with Gasteiger partial charge in [-0.2, -0.15) is 0 Å². The first-order valence-corrected chi connectivity index (χ1v) is 18.8. The molecule has 4 atom stereocenters. The lowest BCUT2D eigenvalue weighted by molar-refractivity contribution is -0.155. The normalized spacial score (nSPS) is 22.1. The molecule has 6 rings (SSSR count). The first kappa shape index (κ1) is 38.7. The van der Waals surface area contributed by atoms with Gasteiger partial charge in [0.25, 0.3) is 0 Å². The SMILES string of the molecule is CCN1CCc2cc(OC)c(OC)cc2C1[C@H]1C[C@@H](C(=O)O)CC[C@]12c1cc(OC)c(OC)cc1CCN2C(=O)CCN(C)C(=O)OCc1ccccc1. The van der Waals surface area contributed by atoms with Gasteiger partial charge in [0.05, 0.1) is 39.9 Å². The highest BCUT2D eigenvalue weighted by molar-refractivity contribution is 5.79. The number of rotatable bonds is 12. The van der Waals surface area contributed by atoms with Crippen molar-refractivity contribution in [3.05, 3.63) is 82.4 Å². The van der Waals surface area contributed by atoms with Gasteiger partial charge < -0.3 is 38.6 Å². The van der Waals surface area contributed by atoms with Crippen molar-refractivity contribution in [3.8, 4) is 23.0 Å². The van der Waals surface area contributed by atoms with Gasteiger partial charge >= 0.3 is 12.1 Å². The lowest BCUT2D eigenvalue weighted by Crippen LogP contribution is -2.62. The lowest BCUT2D eigenvalue weighted by Gasteiger charge is -2.59. The molecule has 2 aliphatic heterocycles. The number of hydrogen-bond acceptors (Lipinski definition) is 9. The fourth-order valence-electron chi connectivity index (χ4n) is 9.11. The molecule has 12 heteroatoms. The predicted molar refractivity (Wildman–Crippen MR) is 202 cm³/mol. The number of ether oxygens (including phenoxy) is 5. The maximum Gasteiger partial charge on any atom is 0.409 e. The summed E-state index contributed by atoms with van der Waals surface area (Å²) in [7, 11) is 8.10. The highest BCUT2D eigenvalue weighted by Crippen LogP contribution is 2.59. The van der Waals surface area contributed by atoms with Crippen molar-refractivity contribution in [3.63, 3.8) is 0 Å². The summed E-state index contributed by atoms with van der Waals surface area (Å²) in [6.07, 6.45) is 2.12. The Hall–Kier alpha value is -4.97. The van der Waals surface area contributed by atoms with Crippen molar-refractivity contribution < 1.29 is 43.2 Å². The van der Waals surface area contributed by atoms with E-state index in [0.717, 1.165) is 47.3 Å². The Bertz CT molecular complexity index is 1840. The number of likely N-dealkylation sites (N-methyl/N-ethyl adjacent to an activating group) is 1. The third-order valence-corrected chi connectivity index (χ3v) is 11.8. The average Bonchev–Trinajstić information content (AvgIpc) is 3.20. The van der Waals surface area contributed by atoms with Gasteiger partial charge in [0, 0.05) is 45.1 Å². The average molecular weight is 744 g/mol. The molecule has 1 fully saturated rings. The van der Waals surface area contributed by atoms with E-state index >= 15 is 0 Å². The maximum atomic E-state index is 14.8. The van der Waals surface area contributed by atoms with Gasteiger partial charge in [-0.05, 0) is 90.7 Å². The molecule has 3 aromatic rings. The number of amides is 2. The van der Waals surface area contributed by atoms with E-state index in [-0.39, 0.29) is 37.4 Å². The van der Waals surface area contributed by atoms with E-state index < -0.39 is 23.5 Å². The second-order valence-corrected chi connectivity index (χ2v) is 14.4. The Morgan fingerprint density at radius 1 is 0.870 bits per heavy atom. The summed E-state index contributed by atoms with van der Waals surface area (Å²) in [5.74, 6) is 0.521. The van der Waals surface area contributed by atoms with Gasteiger partial charge in [0.2, 0.25) is 5.91 Å². The molecule has 54 heavy (non-hydrogen) atoms. The van der Waals surface area contributed by atoms with Crippen LogP contribution >= 0.6 is 0 Å². The highest BCUT2D eigenvalue weighted by atomic mass is 16.6. The fourth-order valence-corrected chi connectivity index (χ4v) is 9.11. The van der Waals surface area contributed by atoms with E-state index in [1.807, 2.05) is 59.5 Å². The molecule has 0 radical (unpaired) electrons. The molecular formula is C42H53N3O9. The molecule has 3 aliphatic rings. The monoisotopic (exact) mass is 743 g/mol. The Kier molecular flexibility index (Phi) is 11.9. The first-order valence-electron chi connectivity index (χ1n) is 18.8. The molecule has 0 bridgehead atoms. The van der Waals surface area contributed by atoms with Gasteiger partial charge in [-0.3, -0.25) is 14.5 Å². The molecule has 2 amide bonds. The molecule has 0 aromatic heterocycles. The number of carbonyl (C=O) groups excluding carboxylic acids is 2. The molecule has 290 valence electrons. The van der Waals surface area contributed by atoms with Crippen LogP contribution in [0, 0.1) is 11.8 Å². The largest absolute Gasteiger partial charge is 0.493 e. The molecule has 1 N–H and O–H groups in total. The summed E-state index contributed by atoms with van der Waals surface area (Å²) < 4.78 is 28.7. The second kappa shape index (κ2) is 16.6. The van der Waals surface area contributed by atoms with Crippen LogP contribution < -0.4 is 18.9 Å². The molecule has 1 aliphatic carbocycles. The quantitative estimate of drug-likeness (QED) is 0.233. The molecule has 0 saturated heterocycles. The van der Waals surface area contributed by atoms with E-state index in [4.69, 9.17) is 23.7 Å². The predicted octanol–water partition coefficient (Wildman–Crippen LogP) is 6.08. The molecule has 2 heterocycles. The van der Waals surface area contributed by atoms with E-state index in [9.17, 15) is 19.5 Å². The topological polar surface area (TPSA) is 127 Å². The molecule has 3 aromatic carbocycles. The zero-order valence-electron chi connectivity index (χ0n) is 32.3. The summed E-state index contributed by atoms with van der Waals surface area (Å²) in [6.45, 7) is 4.33. The van der Waals surface area contributed by atoms with Crippen LogP contribution in [0.1, 0.15) is 66.5 Å². The number of carbonyl (C=O) groups is 3. The minimum Gasteiger partial charge on any atom is -0.493 e. The summed E-state index contributed by atoms with van der Waals surface area (Å²) in [4.78, 5) is 46.5. The number of hydrogen-bond donors (Lipinski definition) is 1. The van der Waals surface area contributed by atoms with E-state index in [0.29, 0.717) is 55.2 Å². The van der Waals surface area contributed by atoms with Crippen LogP contribution in [0.3, 0.4) is 0 Å². The van der Waals surface area contributed by atoms with Crippen LogP contribution in [0.2, 0.25) is 0 Å². The van der Waals surface area contributed by atoms with Crippen LogP contribution in [0.5, 0.6) is 23.0 Å². The molecule has 1 saturated carbocycles. The van der Waals surface area contributed by atoms with E-state index in [1.165, 1.54) is 4.90 Å². The van der Waals surface area contributed by atoms with Gasteiger partial charge in [0.15, 0.2) is 23.0 Å². The van der Waals surface area contributed by atoms with E-state index in [1.54, 1.807) is 35.5 Å². The maximum absolute atomic E-state index is 14.8. The van der Waals surface area contributed by atoms with Crippen molar-refractivity contribution in [2.45, 2.75) is 63.6 Å². The van der Waals surface area contributed by atoms with Crippen molar-refractivity contribution in [1.82, 2.24) is 14.7 Å². The highest BCUT2D eigenvalue weighted by Gasteiger charge is 2.58. The van der Waals surface area contributed by atoms with E-state index in [2.05, 4.69) is 11.8 Å². The Morgan fingerprint density at radius 3 is 2.15 bits per heavy atom. The third-order valence-electron chi connectivity index (χ3n) is 11.8. The standard InChI is InChI=1S/C42H53N3O9/c1-7-44-19-14-28-22-34(50-3)36(52-5)24-31(28)39(44)33-21-30(40(47)48)13-17-42(33)32-25-37(53-6)35(51-4)23-29(32)15-20-45(42)38(46)16-18-43(2)41(49)54-26-27-11-9-8-10-12-27/h8-12,22-25,30,33,39H,7,13-21,26H2,1-6H3,(H,47,48)/t30-,33+,39?,42-/m0/s1. The molecule has 1 spiro atoms. The van der Waals surface area contributed by atoms with Crippen LogP contribution in [-0.4, -0.2) is 99.4 Å². The Labute approximate surface area is 317 Å².